The minimum atomic E-state index is -0.677. The second kappa shape index (κ2) is 6.38. The minimum Gasteiger partial charge on any atom is -0.481 e. The fraction of sp³-hybridized carbons (Fsp3) is 0.588. The van der Waals surface area contributed by atoms with Gasteiger partial charge in [0.2, 0.25) is 0 Å². The Kier molecular flexibility index (Phi) is 4.79. The van der Waals surface area contributed by atoms with E-state index in [9.17, 15) is 14.3 Å². The number of rotatable bonds is 4. The van der Waals surface area contributed by atoms with Crippen LogP contribution in [0.4, 0.5) is 4.39 Å². The number of hydrogen-bond acceptors (Lipinski definition) is 1. The Hall–Kier alpha value is -1.38. The molecular weight excluding hydrogens is 255 g/mol. The second-order valence-electron chi connectivity index (χ2n) is 6.07. The lowest BCUT2D eigenvalue weighted by Crippen LogP contribution is -2.32. The van der Waals surface area contributed by atoms with Crippen molar-refractivity contribution in [1.82, 2.24) is 0 Å². The van der Waals surface area contributed by atoms with Crippen LogP contribution in [0.2, 0.25) is 0 Å². The van der Waals surface area contributed by atoms with Gasteiger partial charge in [-0.05, 0) is 67.7 Å². The van der Waals surface area contributed by atoms with Gasteiger partial charge in [-0.3, -0.25) is 4.79 Å². The zero-order valence-electron chi connectivity index (χ0n) is 12.2. The van der Waals surface area contributed by atoms with Crippen molar-refractivity contribution in [3.8, 4) is 0 Å². The van der Waals surface area contributed by atoms with E-state index in [-0.39, 0.29) is 17.7 Å². The van der Waals surface area contributed by atoms with E-state index in [4.69, 9.17) is 0 Å². The smallest absolute Gasteiger partial charge is 0.306 e. The van der Waals surface area contributed by atoms with Crippen molar-refractivity contribution in [3.05, 3.63) is 35.1 Å². The fourth-order valence-electron chi connectivity index (χ4n) is 3.45. The highest BCUT2D eigenvalue weighted by molar-refractivity contribution is 5.70. The van der Waals surface area contributed by atoms with Gasteiger partial charge in [-0.25, -0.2) is 4.39 Å². The molecule has 2 nitrogen and oxygen atoms in total. The van der Waals surface area contributed by atoms with Gasteiger partial charge >= 0.3 is 5.97 Å². The van der Waals surface area contributed by atoms with Crippen molar-refractivity contribution in [2.75, 3.05) is 0 Å². The first-order valence-corrected chi connectivity index (χ1v) is 7.49. The highest BCUT2D eigenvalue weighted by Crippen LogP contribution is 2.38. The molecule has 1 saturated carbocycles. The highest BCUT2D eigenvalue weighted by atomic mass is 19.1. The van der Waals surface area contributed by atoms with Crippen LogP contribution in [0.3, 0.4) is 0 Å². The average Bonchev–Trinajstić information content (AvgIpc) is 2.41. The van der Waals surface area contributed by atoms with Crippen LogP contribution in [0.15, 0.2) is 18.2 Å². The monoisotopic (exact) mass is 278 g/mol. The maximum atomic E-state index is 13.2. The Morgan fingerprint density at radius 3 is 2.75 bits per heavy atom. The molecule has 1 aromatic rings. The van der Waals surface area contributed by atoms with Crippen LogP contribution in [0.25, 0.3) is 0 Å². The first kappa shape index (κ1) is 15.0. The summed E-state index contributed by atoms with van der Waals surface area (Å²) in [7, 11) is 0. The average molecular weight is 278 g/mol. The van der Waals surface area contributed by atoms with E-state index in [1.807, 2.05) is 6.92 Å². The summed E-state index contributed by atoms with van der Waals surface area (Å²) in [5.74, 6) is -0.339. The molecule has 0 amide bonds. The second-order valence-corrected chi connectivity index (χ2v) is 6.07. The van der Waals surface area contributed by atoms with Gasteiger partial charge in [-0.15, -0.1) is 0 Å². The Morgan fingerprint density at radius 1 is 1.40 bits per heavy atom. The summed E-state index contributed by atoms with van der Waals surface area (Å²) in [4.78, 5) is 11.4. The van der Waals surface area contributed by atoms with Gasteiger partial charge in [0.15, 0.2) is 0 Å². The third-order valence-corrected chi connectivity index (χ3v) is 4.77. The number of carboxylic acids is 1. The van der Waals surface area contributed by atoms with Gasteiger partial charge in [-0.1, -0.05) is 19.4 Å². The van der Waals surface area contributed by atoms with Crippen molar-refractivity contribution in [3.63, 3.8) is 0 Å². The molecule has 0 aromatic heterocycles. The number of carbonyl (C=O) groups is 1. The fourth-order valence-corrected chi connectivity index (χ4v) is 3.45. The predicted molar refractivity (Wildman–Crippen MR) is 77.1 cm³/mol. The van der Waals surface area contributed by atoms with Gasteiger partial charge in [0, 0.05) is 0 Å². The van der Waals surface area contributed by atoms with Gasteiger partial charge in [0.05, 0.1) is 5.92 Å². The van der Waals surface area contributed by atoms with Gasteiger partial charge in [0.1, 0.15) is 5.82 Å². The quantitative estimate of drug-likeness (QED) is 0.896. The maximum Gasteiger partial charge on any atom is 0.306 e. The van der Waals surface area contributed by atoms with Crippen LogP contribution in [-0.4, -0.2) is 11.1 Å². The predicted octanol–water partition coefficient (Wildman–Crippen LogP) is 4.20. The summed E-state index contributed by atoms with van der Waals surface area (Å²) < 4.78 is 13.2. The number of halogens is 1. The summed E-state index contributed by atoms with van der Waals surface area (Å²) in [6.45, 7) is 4.07. The van der Waals surface area contributed by atoms with Crippen molar-refractivity contribution in [2.24, 2.45) is 17.8 Å². The number of hydrogen-bond donors (Lipinski definition) is 1. The Labute approximate surface area is 120 Å². The molecule has 3 heteroatoms. The van der Waals surface area contributed by atoms with Crippen LogP contribution in [0.1, 0.15) is 43.7 Å². The van der Waals surface area contributed by atoms with E-state index in [1.54, 1.807) is 6.07 Å². The van der Waals surface area contributed by atoms with Crippen LogP contribution in [0.5, 0.6) is 0 Å². The molecule has 1 aliphatic carbocycles. The summed E-state index contributed by atoms with van der Waals surface area (Å²) in [5, 5.41) is 9.40. The van der Waals surface area contributed by atoms with E-state index in [2.05, 4.69) is 6.92 Å². The van der Waals surface area contributed by atoms with Crippen molar-refractivity contribution in [1.29, 1.82) is 0 Å². The van der Waals surface area contributed by atoms with Crippen LogP contribution >= 0.6 is 0 Å². The number of aryl methyl sites for hydroxylation is 1. The van der Waals surface area contributed by atoms with Gasteiger partial charge in [-0.2, -0.15) is 0 Å². The molecule has 0 bridgehead atoms. The highest BCUT2D eigenvalue weighted by Gasteiger charge is 2.34. The van der Waals surface area contributed by atoms with Crippen molar-refractivity contribution < 1.29 is 14.3 Å². The van der Waals surface area contributed by atoms with Crippen LogP contribution < -0.4 is 0 Å². The summed E-state index contributed by atoms with van der Waals surface area (Å²) in [6.07, 6.45) is 4.64. The molecule has 20 heavy (non-hydrogen) atoms. The van der Waals surface area contributed by atoms with Crippen molar-refractivity contribution in [2.45, 2.75) is 46.0 Å². The summed E-state index contributed by atoms with van der Waals surface area (Å²) in [5.41, 5.74) is 2.01. The Balaban J connectivity index is 2.16. The van der Waals surface area contributed by atoms with E-state index in [1.165, 1.54) is 12.1 Å². The number of benzene rings is 1. The van der Waals surface area contributed by atoms with Crippen molar-refractivity contribution >= 4 is 5.97 Å². The number of carboxylic acid groups (broad SMARTS) is 1. The Morgan fingerprint density at radius 2 is 2.15 bits per heavy atom. The third-order valence-electron chi connectivity index (χ3n) is 4.77. The zero-order chi connectivity index (χ0) is 14.7. The molecule has 1 aromatic carbocycles. The molecule has 0 radical (unpaired) electrons. The molecule has 3 atom stereocenters. The van der Waals surface area contributed by atoms with Gasteiger partial charge in [0.25, 0.3) is 0 Å². The molecule has 0 aliphatic heterocycles. The molecular formula is C17H23FO2. The molecule has 1 N–H and O–H groups in total. The maximum absolute atomic E-state index is 13.2. The van der Waals surface area contributed by atoms with E-state index in [0.717, 1.165) is 43.2 Å². The SMILES string of the molecule is CCC1CCC(C(=O)O)C(Cc2ccc(F)cc2C)C1. The minimum absolute atomic E-state index is 0.176. The summed E-state index contributed by atoms with van der Waals surface area (Å²) >= 11 is 0. The van der Waals surface area contributed by atoms with E-state index < -0.39 is 5.97 Å². The topological polar surface area (TPSA) is 37.3 Å². The standard InChI is InChI=1S/C17H23FO2/c1-3-12-4-7-16(17(19)20)14(9-12)10-13-5-6-15(18)8-11(13)2/h5-6,8,12,14,16H,3-4,7,9-10H2,1-2H3,(H,19,20). The lowest BCUT2D eigenvalue weighted by atomic mass is 9.71. The molecule has 0 spiro atoms. The first-order chi connectivity index (χ1) is 9.51. The summed E-state index contributed by atoms with van der Waals surface area (Å²) in [6, 6.07) is 4.81. The third kappa shape index (κ3) is 3.38. The van der Waals surface area contributed by atoms with E-state index in [0.29, 0.717) is 5.92 Å². The van der Waals surface area contributed by atoms with E-state index >= 15 is 0 Å². The lowest BCUT2D eigenvalue weighted by Gasteiger charge is -2.34. The first-order valence-electron chi connectivity index (χ1n) is 7.49. The van der Waals surface area contributed by atoms with Gasteiger partial charge < -0.3 is 5.11 Å². The molecule has 1 fully saturated rings. The zero-order valence-corrected chi connectivity index (χ0v) is 12.2. The molecule has 110 valence electrons. The molecule has 3 unspecified atom stereocenters. The Bertz CT molecular complexity index is 484. The lowest BCUT2D eigenvalue weighted by molar-refractivity contribution is -0.145. The largest absolute Gasteiger partial charge is 0.481 e. The molecule has 1 aliphatic rings. The molecule has 2 rings (SSSR count). The number of aliphatic carboxylic acids is 1. The normalized spacial score (nSPS) is 26.4. The van der Waals surface area contributed by atoms with Crippen LogP contribution in [-0.2, 0) is 11.2 Å². The molecule has 0 saturated heterocycles. The van der Waals surface area contributed by atoms with Crippen LogP contribution in [0, 0.1) is 30.5 Å². The molecule has 0 heterocycles.